The summed E-state index contributed by atoms with van der Waals surface area (Å²) in [6.45, 7) is 2.41. The first-order chi connectivity index (χ1) is 14.2. The molecule has 0 aliphatic carbocycles. The van der Waals surface area contributed by atoms with Crippen LogP contribution in [-0.2, 0) is 11.4 Å². The minimum atomic E-state index is -0.246. The average Bonchev–Trinajstić information content (AvgIpc) is 3.47. The van der Waals surface area contributed by atoms with E-state index in [9.17, 15) is 4.79 Å². The van der Waals surface area contributed by atoms with Gasteiger partial charge in [-0.2, -0.15) is 0 Å². The molecular formula is C21H17N3O3S2. The van der Waals surface area contributed by atoms with E-state index in [0.717, 1.165) is 22.0 Å². The smallest absolute Gasteiger partial charge is 0.250 e. The number of hydrogen-bond donors (Lipinski definition) is 1. The van der Waals surface area contributed by atoms with Gasteiger partial charge >= 0.3 is 0 Å². The van der Waals surface area contributed by atoms with E-state index >= 15 is 0 Å². The Kier molecular flexibility index (Phi) is 5.83. The molecule has 6 nitrogen and oxygen atoms in total. The van der Waals surface area contributed by atoms with Crippen molar-refractivity contribution in [1.82, 2.24) is 9.97 Å². The molecule has 0 fully saturated rings. The molecule has 0 aliphatic rings. The van der Waals surface area contributed by atoms with Crippen molar-refractivity contribution >= 4 is 39.8 Å². The lowest BCUT2D eigenvalue weighted by molar-refractivity contribution is -0.111. The fourth-order valence-electron chi connectivity index (χ4n) is 2.49. The Labute approximate surface area is 175 Å². The zero-order chi connectivity index (χ0) is 20.1. The maximum absolute atomic E-state index is 12.1. The molecule has 0 aliphatic heterocycles. The molecule has 4 aromatic rings. The zero-order valence-electron chi connectivity index (χ0n) is 15.5. The predicted molar refractivity (Wildman–Crippen MR) is 115 cm³/mol. The number of thiazole rings is 2. The van der Waals surface area contributed by atoms with Gasteiger partial charge in [0.15, 0.2) is 10.9 Å². The van der Waals surface area contributed by atoms with Crippen molar-refractivity contribution < 1.29 is 13.9 Å². The van der Waals surface area contributed by atoms with Crippen molar-refractivity contribution in [1.29, 1.82) is 0 Å². The SMILES string of the molecule is Cc1nc(COc2ccc(/C=C/C(=O)Nc3nc(-c4ccco4)cs3)cc2)cs1. The number of carbonyl (C=O) groups is 1. The second kappa shape index (κ2) is 8.85. The van der Waals surface area contributed by atoms with E-state index in [0.29, 0.717) is 23.2 Å². The Morgan fingerprint density at radius 3 is 2.76 bits per heavy atom. The second-order valence-electron chi connectivity index (χ2n) is 6.05. The van der Waals surface area contributed by atoms with Crippen LogP contribution in [0.4, 0.5) is 5.13 Å². The molecule has 0 saturated carbocycles. The van der Waals surface area contributed by atoms with E-state index < -0.39 is 0 Å². The molecule has 0 bridgehead atoms. The summed E-state index contributed by atoms with van der Waals surface area (Å²) in [5.74, 6) is 1.18. The van der Waals surface area contributed by atoms with Crippen molar-refractivity contribution in [2.75, 3.05) is 5.32 Å². The van der Waals surface area contributed by atoms with E-state index in [1.54, 1.807) is 29.7 Å². The van der Waals surface area contributed by atoms with Crippen LogP contribution in [0.3, 0.4) is 0 Å². The number of ether oxygens (including phenoxy) is 1. The first kappa shape index (κ1) is 19.1. The van der Waals surface area contributed by atoms with Gasteiger partial charge in [-0.05, 0) is 42.8 Å². The lowest BCUT2D eigenvalue weighted by Crippen LogP contribution is -2.07. The topological polar surface area (TPSA) is 77.2 Å². The maximum Gasteiger partial charge on any atom is 0.250 e. The van der Waals surface area contributed by atoms with Gasteiger partial charge in [0.05, 0.1) is 17.0 Å². The largest absolute Gasteiger partial charge is 0.487 e. The van der Waals surface area contributed by atoms with Crippen molar-refractivity contribution in [2.24, 2.45) is 0 Å². The van der Waals surface area contributed by atoms with Gasteiger partial charge in [0, 0.05) is 16.8 Å². The molecule has 1 aromatic carbocycles. The lowest BCUT2D eigenvalue weighted by atomic mass is 10.2. The monoisotopic (exact) mass is 423 g/mol. The third-order valence-corrected chi connectivity index (χ3v) is 5.45. The Balaban J connectivity index is 1.29. The third kappa shape index (κ3) is 5.18. The first-order valence-corrected chi connectivity index (χ1v) is 10.5. The lowest BCUT2D eigenvalue weighted by Gasteiger charge is -2.04. The molecule has 29 heavy (non-hydrogen) atoms. The highest BCUT2D eigenvalue weighted by atomic mass is 32.1. The van der Waals surface area contributed by atoms with Crippen LogP contribution >= 0.6 is 22.7 Å². The molecule has 146 valence electrons. The molecule has 1 amide bonds. The molecule has 0 unspecified atom stereocenters. The quantitative estimate of drug-likeness (QED) is 0.403. The molecule has 8 heteroatoms. The number of furan rings is 1. The number of aromatic nitrogens is 2. The fraction of sp³-hybridized carbons (Fsp3) is 0.0952. The van der Waals surface area contributed by atoms with Gasteiger partial charge < -0.3 is 9.15 Å². The number of benzene rings is 1. The number of nitrogens with zero attached hydrogens (tertiary/aromatic N) is 2. The van der Waals surface area contributed by atoms with Crippen LogP contribution in [0.2, 0.25) is 0 Å². The van der Waals surface area contributed by atoms with E-state index in [1.807, 2.05) is 48.0 Å². The molecule has 4 rings (SSSR count). The third-order valence-electron chi connectivity index (χ3n) is 3.87. The fourth-order valence-corrected chi connectivity index (χ4v) is 3.79. The van der Waals surface area contributed by atoms with Crippen LogP contribution in [0.15, 0.2) is 63.9 Å². The summed E-state index contributed by atoms with van der Waals surface area (Å²) < 4.78 is 11.0. The molecule has 0 radical (unpaired) electrons. The van der Waals surface area contributed by atoms with Crippen LogP contribution in [-0.4, -0.2) is 15.9 Å². The Morgan fingerprint density at radius 2 is 2.03 bits per heavy atom. The van der Waals surface area contributed by atoms with E-state index in [1.165, 1.54) is 17.4 Å². The van der Waals surface area contributed by atoms with Gasteiger partial charge in [0.2, 0.25) is 5.91 Å². The number of aryl methyl sites for hydroxylation is 1. The number of rotatable bonds is 7. The van der Waals surface area contributed by atoms with Crippen molar-refractivity contribution in [3.63, 3.8) is 0 Å². The summed E-state index contributed by atoms with van der Waals surface area (Å²) in [7, 11) is 0. The van der Waals surface area contributed by atoms with Gasteiger partial charge in [0.25, 0.3) is 0 Å². The van der Waals surface area contributed by atoms with E-state index in [-0.39, 0.29) is 5.91 Å². The standard InChI is InChI=1S/C21H17N3O3S2/c1-14-22-16(12-28-14)11-27-17-7-4-15(5-8-17)6-9-20(25)24-21-23-18(13-29-21)19-3-2-10-26-19/h2-10,12-13H,11H2,1H3,(H,23,24,25)/b9-6+. The summed E-state index contributed by atoms with van der Waals surface area (Å²) in [6, 6.07) is 11.1. The summed E-state index contributed by atoms with van der Waals surface area (Å²) in [4.78, 5) is 20.8. The molecule has 0 saturated heterocycles. The summed E-state index contributed by atoms with van der Waals surface area (Å²) in [6.07, 6.45) is 4.80. The normalized spacial score (nSPS) is 11.1. The number of carbonyl (C=O) groups excluding carboxylic acids is 1. The molecule has 1 N–H and O–H groups in total. The van der Waals surface area contributed by atoms with Crippen LogP contribution < -0.4 is 10.1 Å². The average molecular weight is 424 g/mol. The summed E-state index contributed by atoms with van der Waals surface area (Å²) >= 11 is 2.95. The van der Waals surface area contributed by atoms with Crippen molar-refractivity contribution in [2.45, 2.75) is 13.5 Å². The van der Waals surface area contributed by atoms with Crippen LogP contribution in [0, 0.1) is 6.92 Å². The molecule has 3 heterocycles. The van der Waals surface area contributed by atoms with Gasteiger partial charge in [-0.3, -0.25) is 10.1 Å². The highest BCUT2D eigenvalue weighted by Gasteiger charge is 2.08. The number of nitrogens with one attached hydrogen (secondary N) is 1. The maximum atomic E-state index is 12.1. The minimum Gasteiger partial charge on any atom is -0.487 e. The van der Waals surface area contributed by atoms with Crippen molar-refractivity contribution in [3.05, 3.63) is 75.8 Å². The zero-order valence-corrected chi connectivity index (χ0v) is 17.1. The number of amides is 1. The van der Waals surface area contributed by atoms with Gasteiger partial charge in [-0.25, -0.2) is 9.97 Å². The highest BCUT2D eigenvalue weighted by molar-refractivity contribution is 7.14. The second-order valence-corrected chi connectivity index (χ2v) is 7.97. The first-order valence-electron chi connectivity index (χ1n) is 8.78. The van der Waals surface area contributed by atoms with Gasteiger partial charge in [-0.1, -0.05) is 12.1 Å². The van der Waals surface area contributed by atoms with Gasteiger partial charge in [-0.15, -0.1) is 22.7 Å². The Bertz CT molecular complexity index is 1110. The van der Waals surface area contributed by atoms with E-state index in [2.05, 4.69) is 15.3 Å². The molecule has 0 spiro atoms. The van der Waals surface area contributed by atoms with Crippen LogP contribution in [0.25, 0.3) is 17.5 Å². The summed E-state index contributed by atoms with van der Waals surface area (Å²) in [5, 5.41) is 8.13. The molecular weight excluding hydrogens is 406 g/mol. The molecule has 3 aromatic heterocycles. The minimum absolute atomic E-state index is 0.246. The van der Waals surface area contributed by atoms with Gasteiger partial charge in [0.1, 0.15) is 18.1 Å². The van der Waals surface area contributed by atoms with Crippen LogP contribution in [0.1, 0.15) is 16.3 Å². The van der Waals surface area contributed by atoms with Crippen LogP contribution in [0.5, 0.6) is 5.75 Å². The van der Waals surface area contributed by atoms with E-state index in [4.69, 9.17) is 9.15 Å². The number of anilines is 1. The van der Waals surface area contributed by atoms with Crippen molar-refractivity contribution in [3.8, 4) is 17.2 Å². The summed E-state index contributed by atoms with van der Waals surface area (Å²) in [5.41, 5.74) is 2.51. The molecule has 0 atom stereocenters. The predicted octanol–water partition coefficient (Wildman–Crippen LogP) is 5.40. The highest BCUT2D eigenvalue weighted by Crippen LogP contribution is 2.25. The Morgan fingerprint density at radius 1 is 1.17 bits per heavy atom. The Hall–Kier alpha value is -3.23. The number of hydrogen-bond acceptors (Lipinski definition) is 7.